The van der Waals surface area contributed by atoms with Gasteiger partial charge in [0.25, 0.3) is 0 Å². The van der Waals surface area contributed by atoms with Gasteiger partial charge in [0, 0.05) is 24.6 Å². The van der Waals surface area contributed by atoms with Crippen LogP contribution in [-0.4, -0.2) is 32.4 Å². The summed E-state index contributed by atoms with van der Waals surface area (Å²) in [4.78, 5) is 18.1. The molecule has 3 aromatic rings. The van der Waals surface area contributed by atoms with Crippen molar-refractivity contribution < 1.29 is 13.2 Å². The van der Waals surface area contributed by atoms with E-state index >= 15 is 0 Å². The van der Waals surface area contributed by atoms with Crippen LogP contribution in [0.1, 0.15) is 5.56 Å². The minimum atomic E-state index is -4.03. The number of carbonyl (C=O) groups excluding carboxylic acids is 1. The Morgan fingerprint density at radius 2 is 1.73 bits per heavy atom. The maximum atomic E-state index is 12.7. The number of hydrogen-bond donors (Lipinski definition) is 1. The molecule has 9 heteroatoms. The van der Waals surface area contributed by atoms with E-state index in [9.17, 15) is 13.2 Å². The monoisotopic (exact) mass is 461 g/mol. The van der Waals surface area contributed by atoms with Crippen LogP contribution in [0, 0.1) is 0 Å². The van der Waals surface area contributed by atoms with E-state index in [1.807, 2.05) is 30.3 Å². The van der Waals surface area contributed by atoms with Gasteiger partial charge < -0.3 is 4.90 Å². The molecule has 2 aromatic carbocycles. The highest BCUT2D eigenvalue weighted by Crippen LogP contribution is 2.32. The summed E-state index contributed by atoms with van der Waals surface area (Å²) < 4.78 is 27.5. The summed E-state index contributed by atoms with van der Waals surface area (Å²) in [6.07, 6.45) is 4.16. The van der Waals surface area contributed by atoms with Crippen LogP contribution in [0.5, 0.6) is 0 Å². The fourth-order valence-corrected chi connectivity index (χ4v) is 5.56. The molecule has 30 heavy (non-hydrogen) atoms. The second-order valence-electron chi connectivity index (χ2n) is 6.75. The van der Waals surface area contributed by atoms with Crippen LogP contribution in [0.2, 0.25) is 10.0 Å². The highest BCUT2D eigenvalue weighted by molar-refractivity contribution is 7.89. The Bertz CT molecular complexity index is 1200. The number of anilines is 1. The highest BCUT2D eigenvalue weighted by atomic mass is 35.5. The molecule has 0 saturated carbocycles. The molecule has 154 valence electrons. The van der Waals surface area contributed by atoms with E-state index in [0.717, 1.165) is 22.4 Å². The number of pyridine rings is 1. The number of nitrogens with zero attached hydrogens (tertiary/aromatic N) is 2. The van der Waals surface area contributed by atoms with E-state index in [4.69, 9.17) is 23.2 Å². The van der Waals surface area contributed by atoms with Crippen molar-refractivity contribution in [2.75, 3.05) is 18.0 Å². The smallest absolute Gasteiger partial charge is 0.244 e. The largest absolute Gasteiger partial charge is 0.311 e. The summed E-state index contributed by atoms with van der Waals surface area (Å²) in [7, 11) is -4.03. The minimum Gasteiger partial charge on any atom is -0.311 e. The molecule has 0 unspecified atom stereocenters. The fourth-order valence-electron chi connectivity index (χ4n) is 3.45. The van der Waals surface area contributed by atoms with E-state index in [1.54, 1.807) is 23.4 Å². The molecule has 0 spiro atoms. The lowest BCUT2D eigenvalue weighted by molar-refractivity contribution is -0.117. The van der Waals surface area contributed by atoms with Crippen LogP contribution in [0.25, 0.3) is 11.1 Å². The van der Waals surface area contributed by atoms with Crippen LogP contribution in [0.4, 0.5) is 5.69 Å². The number of hydrogen-bond acceptors (Lipinski definition) is 4. The molecule has 1 amide bonds. The Balaban J connectivity index is 1.50. The first-order valence-corrected chi connectivity index (χ1v) is 11.4. The van der Waals surface area contributed by atoms with Crippen molar-refractivity contribution in [1.29, 1.82) is 0 Å². The summed E-state index contributed by atoms with van der Waals surface area (Å²) >= 11 is 12.0. The van der Waals surface area contributed by atoms with Crippen LogP contribution in [0.15, 0.2) is 65.8 Å². The molecule has 1 aromatic heterocycles. The molecule has 1 aliphatic heterocycles. The fraction of sp³-hybridized carbons (Fsp3) is 0.143. The molecular weight excluding hydrogens is 445 g/mol. The third-order valence-electron chi connectivity index (χ3n) is 4.89. The average molecular weight is 462 g/mol. The number of benzene rings is 2. The first kappa shape index (κ1) is 20.8. The molecule has 0 radical (unpaired) electrons. The zero-order chi connectivity index (χ0) is 21.3. The maximum Gasteiger partial charge on any atom is 0.244 e. The van der Waals surface area contributed by atoms with E-state index < -0.39 is 16.6 Å². The molecule has 0 saturated heterocycles. The first-order valence-electron chi connectivity index (χ1n) is 9.14. The molecule has 6 nitrogen and oxygen atoms in total. The molecule has 2 heterocycles. The zero-order valence-corrected chi connectivity index (χ0v) is 18.0. The van der Waals surface area contributed by atoms with Crippen molar-refractivity contribution in [3.63, 3.8) is 0 Å². The standard InChI is InChI=1S/C21H17Cl2N3O3S/c22-17-2-1-3-18(23)21(17)30(28,29)25-13-20(27)26-11-8-16-12-15(4-5-19(16)26)14-6-9-24-10-7-14/h1-7,9-10,12,25H,8,11,13H2. The minimum absolute atomic E-state index is 0.00221. The van der Waals surface area contributed by atoms with Gasteiger partial charge in [-0.1, -0.05) is 35.3 Å². The topological polar surface area (TPSA) is 79.4 Å². The van der Waals surface area contributed by atoms with Gasteiger partial charge in [0.2, 0.25) is 15.9 Å². The second kappa shape index (κ2) is 8.35. The normalized spacial score (nSPS) is 13.3. The lowest BCUT2D eigenvalue weighted by atomic mass is 10.0. The van der Waals surface area contributed by atoms with Gasteiger partial charge in [0.1, 0.15) is 4.90 Å². The molecular formula is C21H17Cl2N3O3S. The van der Waals surface area contributed by atoms with Crippen LogP contribution in [0.3, 0.4) is 0 Å². The Morgan fingerprint density at radius 1 is 1.03 bits per heavy atom. The Labute approximate surface area is 184 Å². The summed E-state index contributed by atoms with van der Waals surface area (Å²) in [5.74, 6) is -0.350. The van der Waals surface area contributed by atoms with Gasteiger partial charge in [-0.2, -0.15) is 0 Å². The van der Waals surface area contributed by atoms with Gasteiger partial charge in [-0.15, -0.1) is 0 Å². The highest BCUT2D eigenvalue weighted by Gasteiger charge is 2.27. The van der Waals surface area contributed by atoms with Crippen molar-refractivity contribution in [2.45, 2.75) is 11.3 Å². The molecule has 0 aliphatic carbocycles. The van der Waals surface area contributed by atoms with Gasteiger partial charge >= 0.3 is 0 Å². The van der Waals surface area contributed by atoms with Crippen molar-refractivity contribution in [2.24, 2.45) is 0 Å². The zero-order valence-electron chi connectivity index (χ0n) is 15.7. The molecule has 1 aliphatic rings. The number of carbonyl (C=O) groups is 1. The van der Waals surface area contributed by atoms with E-state index in [-0.39, 0.29) is 20.8 Å². The molecule has 0 fully saturated rings. The SMILES string of the molecule is O=C(CNS(=O)(=O)c1c(Cl)cccc1Cl)N1CCc2cc(-c3ccncc3)ccc21. The Kier molecular flexibility index (Phi) is 5.79. The Hall–Kier alpha value is -2.45. The van der Waals surface area contributed by atoms with Gasteiger partial charge in [-0.05, 0) is 59.5 Å². The van der Waals surface area contributed by atoms with Crippen LogP contribution >= 0.6 is 23.2 Å². The summed E-state index contributed by atoms with van der Waals surface area (Å²) in [6.45, 7) is 0.0952. The number of rotatable bonds is 5. The van der Waals surface area contributed by atoms with E-state index in [0.29, 0.717) is 13.0 Å². The summed E-state index contributed by atoms with van der Waals surface area (Å²) in [5.41, 5.74) is 3.91. The van der Waals surface area contributed by atoms with Gasteiger partial charge in [-0.3, -0.25) is 9.78 Å². The van der Waals surface area contributed by atoms with Crippen molar-refractivity contribution in [3.05, 3.63) is 76.5 Å². The van der Waals surface area contributed by atoms with Gasteiger partial charge in [-0.25, -0.2) is 13.1 Å². The van der Waals surface area contributed by atoms with Crippen LogP contribution < -0.4 is 9.62 Å². The number of fused-ring (bicyclic) bond motifs is 1. The molecule has 0 bridgehead atoms. The van der Waals surface area contributed by atoms with Crippen LogP contribution in [-0.2, 0) is 21.2 Å². The molecule has 0 atom stereocenters. The quantitative estimate of drug-likeness (QED) is 0.624. The third-order valence-corrected chi connectivity index (χ3v) is 7.25. The average Bonchev–Trinajstić information content (AvgIpc) is 3.16. The molecule has 4 rings (SSSR count). The molecule has 1 N–H and O–H groups in total. The van der Waals surface area contributed by atoms with Crippen molar-refractivity contribution in [1.82, 2.24) is 9.71 Å². The van der Waals surface area contributed by atoms with Gasteiger partial charge in [0.15, 0.2) is 0 Å². The number of amides is 1. The lowest BCUT2D eigenvalue weighted by Gasteiger charge is -2.18. The number of nitrogens with one attached hydrogen (secondary N) is 1. The number of aromatic nitrogens is 1. The van der Waals surface area contributed by atoms with E-state index in [2.05, 4.69) is 9.71 Å². The summed E-state index contributed by atoms with van der Waals surface area (Å²) in [5, 5.41) is -0.00443. The van der Waals surface area contributed by atoms with Crippen molar-refractivity contribution in [3.8, 4) is 11.1 Å². The lowest BCUT2D eigenvalue weighted by Crippen LogP contribution is -2.39. The Morgan fingerprint density at radius 3 is 2.43 bits per heavy atom. The number of sulfonamides is 1. The van der Waals surface area contributed by atoms with Gasteiger partial charge in [0.05, 0.1) is 16.6 Å². The first-order chi connectivity index (χ1) is 14.4. The van der Waals surface area contributed by atoms with Crippen molar-refractivity contribution >= 4 is 44.8 Å². The predicted molar refractivity (Wildman–Crippen MR) is 117 cm³/mol. The number of halogens is 2. The summed E-state index contributed by atoms with van der Waals surface area (Å²) in [6, 6.07) is 14.1. The third kappa shape index (κ3) is 4.06. The second-order valence-corrected chi connectivity index (χ2v) is 9.27. The van der Waals surface area contributed by atoms with E-state index in [1.165, 1.54) is 12.1 Å². The predicted octanol–water partition coefficient (Wildman–Crippen LogP) is 3.92. The maximum absolute atomic E-state index is 12.7.